The Balaban J connectivity index is 1.08. The molecular formula is C36H39ClF2N8O6. The molecule has 2 aromatic carbocycles. The summed E-state index contributed by atoms with van der Waals surface area (Å²) >= 11 is 6.51. The van der Waals surface area contributed by atoms with Crippen LogP contribution in [0.15, 0.2) is 42.7 Å². The van der Waals surface area contributed by atoms with Crippen LogP contribution in [0.3, 0.4) is 0 Å². The van der Waals surface area contributed by atoms with Crippen molar-refractivity contribution in [3.05, 3.63) is 76.5 Å². The number of amides is 4. The van der Waals surface area contributed by atoms with Gasteiger partial charge >= 0.3 is 6.09 Å². The molecule has 0 aliphatic carbocycles. The second-order valence-corrected chi connectivity index (χ2v) is 13.4. The predicted octanol–water partition coefficient (Wildman–Crippen LogP) is 4.76. The minimum atomic E-state index is -1.10. The van der Waals surface area contributed by atoms with Gasteiger partial charge in [0, 0.05) is 87.9 Å². The van der Waals surface area contributed by atoms with Crippen LogP contribution in [0.25, 0.3) is 22.4 Å². The maximum Gasteiger partial charge on any atom is 0.407 e. The van der Waals surface area contributed by atoms with Crippen molar-refractivity contribution in [1.29, 1.82) is 0 Å². The molecule has 17 heteroatoms. The van der Waals surface area contributed by atoms with E-state index in [1.165, 1.54) is 53.0 Å². The zero-order chi connectivity index (χ0) is 38.0. The molecule has 0 unspecified atom stereocenters. The fourth-order valence-corrected chi connectivity index (χ4v) is 7.00. The maximum atomic E-state index is 15.5. The summed E-state index contributed by atoms with van der Waals surface area (Å²) in [6.07, 6.45) is 2.88. The molecule has 0 spiro atoms. The molecule has 6 rings (SSSR count). The molecule has 4 amide bonds. The number of carbonyl (C=O) groups excluding carboxylic acids is 3. The lowest BCUT2D eigenvalue weighted by molar-refractivity contribution is -0.138. The number of carbonyl (C=O) groups is 4. The zero-order valence-corrected chi connectivity index (χ0v) is 30.2. The topological polar surface area (TPSA) is 155 Å². The quantitative estimate of drug-likeness (QED) is 0.248. The summed E-state index contributed by atoms with van der Waals surface area (Å²) < 4.78 is 39.0. The van der Waals surface area contributed by atoms with Crippen molar-refractivity contribution in [2.75, 3.05) is 58.3 Å². The Morgan fingerprint density at radius 3 is 2.26 bits per heavy atom. The Kier molecular flexibility index (Phi) is 11.1. The summed E-state index contributed by atoms with van der Waals surface area (Å²) in [5.74, 6) is -3.45. The first-order chi connectivity index (χ1) is 25.4. The van der Waals surface area contributed by atoms with Gasteiger partial charge in [-0.05, 0) is 44.0 Å². The number of halogens is 3. The highest BCUT2D eigenvalue weighted by molar-refractivity contribution is 6.34. The molecule has 280 valence electrons. The molecule has 2 saturated heterocycles. The van der Waals surface area contributed by atoms with Crippen LogP contribution in [0.2, 0.25) is 5.02 Å². The largest absolute Gasteiger partial charge is 0.465 e. The molecule has 0 radical (unpaired) electrons. The standard InChI is InChI=1S/C36H39ClF2N8O6/c1-21-27(20-47(42-21)16-17-53-3)24-6-7-26(31(39)30(24)38)29-19-40-32(43(29)2)33(48)41-23-4-5-25(28(37)18-23)35(50)45-14-12-44(13-15-45)34(49)22-8-10-46(11-9-22)36(51)52/h4-7,18-20,22H,8-17H2,1-3H3,(H,41,48)(H,51,52). The number of methoxy groups -OCH3 is 1. The number of hydrogen-bond donors (Lipinski definition) is 2. The Morgan fingerprint density at radius 2 is 1.60 bits per heavy atom. The number of hydrogen-bond acceptors (Lipinski definition) is 7. The Bertz CT molecular complexity index is 2050. The summed E-state index contributed by atoms with van der Waals surface area (Å²) in [6, 6.07) is 7.36. The lowest BCUT2D eigenvalue weighted by Gasteiger charge is -2.38. The molecule has 0 saturated carbocycles. The van der Waals surface area contributed by atoms with Crippen molar-refractivity contribution in [2.24, 2.45) is 13.0 Å². The number of aryl methyl sites for hydroxylation is 1. The number of nitrogens with one attached hydrogen (secondary N) is 1. The van der Waals surface area contributed by atoms with Gasteiger partial charge in [0.2, 0.25) is 5.91 Å². The van der Waals surface area contributed by atoms with Gasteiger partial charge in [0.1, 0.15) is 0 Å². The van der Waals surface area contributed by atoms with Crippen LogP contribution >= 0.6 is 11.6 Å². The highest BCUT2D eigenvalue weighted by Gasteiger charge is 2.33. The number of benzene rings is 2. The number of piperidine rings is 1. The highest BCUT2D eigenvalue weighted by atomic mass is 35.5. The van der Waals surface area contributed by atoms with Crippen LogP contribution in [0.1, 0.15) is 39.5 Å². The molecular weight excluding hydrogens is 714 g/mol. The Hall–Kier alpha value is -5.35. The molecule has 4 heterocycles. The molecule has 2 N–H and O–H groups in total. The number of nitrogens with zero attached hydrogens (tertiary/aromatic N) is 7. The number of ether oxygens (including phenoxy) is 1. The number of aromatic nitrogens is 4. The van der Waals surface area contributed by atoms with Crippen molar-refractivity contribution in [3.8, 4) is 22.4 Å². The number of imidazole rings is 1. The van der Waals surface area contributed by atoms with Crippen LogP contribution in [0.4, 0.5) is 19.3 Å². The van der Waals surface area contributed by atoms with E-state index in [0.717, 1.165) is 0 Å². The number of rotatable bonds is 9. The van der Waals surface area contributed by atoms with Crippen molar-refractivity contribution >= 4 is 41.1 Å². The number of likely N-dealkylation sites (tertiary alicyclic amines) is 1. The summed E-state index contributed by atoms with van der Waals surface area (Å²) in [4.78, 5) is 59.6. The lowest BCUT2D eigenvalue weighted by atomic mass is 9.95. The van der Waals surface area contributed by atoms with E-state index in [-0.39, 0.29) is 56.7 Å². The van der Waals surface area contributed by atoms with Crippen LogP contribution in [0, 0.1) is 24.5 Å². The third kappa shape index (κ3) is 7.74. The van der Waals surface area contributed by atoms with E-state index in [9.17, 15) is 19.2 Å². The van der Waals surface area contributed by atoms with Crippen LogP contribution < -0.4 is 5.32 Å². The first-order valence-electron chi connectivity index (χ1n) is 17.1. The fourth-order valence-electron chi connectivity index (χ4n) is 6.74. The van der Waals surface area contributed by atoms with Crippen molar-refractivity contribution in [3.63, 3.8) is 0 Å². The molecule has 14 nitrogen and oxygen atoms in total. The van der Waals surface area contributed by atoms with Crippen LogP contribution in [-0.4, -0.2) is 116 Å². The van der Waals surface area contributed by atoms with Crippen molar-refractivity contribution in [2.45, 2.75) is 26.3 Å². The van der Waals surface area contributed by atoms with Gasteiger partial charge in [-0.2, -0.15) is 5.10 Å². The third-order valence-corrected chi connectivity index (χ3v) is 10.1. The number of anilines is 1. The summed E-state index contributed by atoms with van der Waals surface area (Å²) in [6.45, 7) is 4.53. The smallest absolute Gasteiger partial charge is 0.407 e. The lowest BCUT2D eigenvalue weighted by Crippen LogP contribution is -2.53. The fraction of sp³-hybridized carbons (Fsp3) is 0.389. The van der Waals surface area contributed by atoms with Gasteiger partial charge in [0.15, 0.2) is 17.5 Å². The van der Waals surface area contributed by atoms with Crippen molar-refractivity contribution < 1.29 is 37.8 Å². The van der Waals surface area contributed by atoms with Gasteiger partial charge in [-0.3, -0.25) is 19.1 Å². The first kappa shape index (κ1) is 37.4. The SMILES string of the molecule is COCCn1cc(-c2ccc(-c3cnc(C(=O)Nc4ccc(C(=O)N5CCN(C(=O)C6CCN(C(=O)O)CC6)CC5)c(Cl)c4)n3C)c(F)c2F)c(C)n1. The molecule has 0 bridgehead atoms. The third-order valence-electron chi connectivity index (χ3n) is 9.76. The molecule has 0 atom stereocenters. The van der Waals surface area contributed by atoms with Gasteiger partial charge in [-0.15, -0.1) is 0 Å². The molecule has 2 aliphatic heterocycles. The second-order valence-electron chi connectivity index (χ2n) is 13.0. The van der Waals surface area contributed by atoms with Crippen LogP contribution in [0.5, 0.6) is 0 Å². The monoisotopic (exact) mass is 752 g/mol. The Labute approximate surface area is 308 Å². The highest BCUT2D eigenvalue weighted by Crippen LogP contribution is 2.33. The number of carboxylic acid groups (broad SMARTS) is 1. The van der Waals surface area contributed by atoms with E-state index in [2.05, 4.69) is 15.4 Å². The minimum Gasteiger partial charge on any atom is -0.465 e. The Morgan fingerprint density at radius 1 is 0.943 bits per heavy atom. The normalized spacial score (nSPS) is 15.2. The molecule has 2 fully saturated rings. The first-order valence-corrected chi connectivity index (χ1v) is 17.5. The molecule has 2 aliphatic rings. The van der Waals surface area contributed by atoms with Gasteiger partial charge in [-0.25, -0.2) is 18.6 Å². The second kappa shape index (κ2) is 15.7. The van der Waals surface area contributed by atoms with E-state index in [0.29, 0.717) is 76.5 Å². The van der Waals surface area contributed by atoms with E-state index >= 15 is 8.78 Å². The predicted molar refractivity (Wildman–Crippen MR) is 191 cm³/mol. The molecule has 2 aromatic heterocycles. The van der Waals surface area contributed by atoms with E-state index in [4.69, 9.17) is 21.4 Å². The molecule has 53 heavy (non-hydrogen) atoms. The van der Waals surface area contributed by atoms with E-state index in [1.807, 2.05) is 0 Å². The average molecular weight is 753 g/mol. The maximum absolute atomic E-state index is 15.5. The van der Waals surface area contributed by atoms with Crippen molar-refractivity contribution in [1.82, 2.24) is 34.0 Å². The molecule has 4 aromatic rings. The van der Waals surface area contributed by atoms with E-state index in [1.54, 1.807) is 34.7 Å². The number of piperazine rings is 1. The van der Waals surface area contributed by atoms with E-state index < -0.39 is 23.6 Å². The van der Waals surface area contributed by atoms with Gasteiger partial charge in [0.25, 0.3) is 11.8 Å². The van der Waals surface area contributed by atoms with Gasteiger partial charge in [0.05, 0.1) is 41.3 Å². The summed E-state index contributed by atoms with van der Waals surface area (Å²) in [5, 5.41) is 16.3. The zero-order valence-electron chi connectivity index (χ0n) is 29.4. The van der Waals surface area contributed by atoms with Crippen LogP contribution in [-0.2, 0) is 23.1 Å². The van der Waals surface area contributed by atoms with Gasteiger partial charge < -0.3 is 34.4 Å². The minimum absolute atomic E-state index is 0.0242. The average Bonchev–Trinajstić information content (AvgIpc) is 3.72. The van der Waals surface area contributed by atoms with Gasteiger partial charge in [-0.1, -0.05) is 17.7 Å². The summed E-state index contributed by atoms with van der Waals surface area (Å²) in [5.41, 5.74) is 1.64. The summed E-state index contributed by atoms with van der Waals surface area (Å²) in [7, 11) is 3.07.